The fraction of sp³-hybridized carbons (Fsp3) is 0.192. The van der Waals surface area contributed by atoms with Crippen molar-refractivity contribution in [3.8, 4) is 0 Å². The normalized spacial score (nSPS) is 11.9. The van der Waals surface area contributed by atoms with Crippen LogP contribution in [0.5, 0.6) is 0 Å². The molecule has 8 nitrogen and oxygen atoms in total. The number of carbonyl (C=O) groups is 1. The molecule has 0 spiro atoms. The van der Waals surface area contributed by atoms with Gasteiger partial charge in [-0.3, -0.25) is 4.99 Å². The number of carbonyl (C=O) groups excluding carboxylic acids is 2. The number of urea groups is 1. The Balaban J connectivity index is 0.000000303. The lowest BCUT2D eigenvalue weighted by molar-refractivity contribution is 0.251. The number of halogens is 2. The van der Waals surface area contributed by atoms with Gasteiger partial charge in [0.25, 0.3) is 0 Å². The molecule has 0 radical (unpaired) electrons. The minimum atomic E-state index is -0.243. The summed E-state index contributed by atoms with van der Waals surface area (Å²) in [5.74, 6) is 1.02. The molecule has 3 aromatic rings. The van der Waals surface area contributed by atoms with Crippen molar-refractivity contribution in [2.45, 2.75) is 0 Å². The van der Waals surface area contributed by atoms with Gasteiger partial charge in [-0.25, -0.2) is 9.59 Å². The number of benzene rings is 3. The molecule has 10 heteroatoms. The Kier molecular flexibility index (Phi) is 10.8. The highest BCUT2D eigenvalue weighted by Gasteiger charge is 2.16. The first kappa shape index (κ1) is 26.8. The van der Waals surface area contributed by atoms with Crippen molar-refractivity contribution in [3.63, 3.8) is 0 Å². The van der Waals surface area contributed by atoms with Crippen LogP contribution in [0.1, 0.15) is 0 Å². The van der Waals surface area contributed by atoms with Crippen molar-refractivity contribution < 1.29 is 9.59 Å². The summed E-state index contributed by atoms with van der Waals surface area (Å²) in [6.07, 6.45) is 1.43. The number of nitrogens with zero attached hydrogens (tertiary/aromatic N) is 3. The summed E-state index contributed by atoms with van der Waals surface area (Å²) in [7, 11) is 0. The van der Waals surface area contributed by atoms with Crippen molar-refractivity contribution >= 4 is 58.2 Å². The topological polar surface area (TPSA) is 98.2 Å². The van der Waals surface area contributed by atoms with Crippen LogP contribution in [-0.2, 0) is 4.79 Å². The van der Waals surface area contributed by atoms with E-state index < -0.39 is 0 Å². The van der Waals surface area contributed by atoms with Gasteiger partial charge in [0, 0.05) is 41.1 Å². The maximum absolute atomic E-state index is 12.0. The molecule has 0 saturated heterocycles. The highest BCUT2D eigenvalue weighted by molar-refractivity contribution is 6.31. The number of para-hydroxylation sites is 1. The van der Waals surface area contributed by atoms with Gasteiger partial charge in [-0.2, -0.15) is 4.99 Å². The van der Waals surface area contributed by atoms with E-state index in [0.29, 0.717) is 34.5 Å². The number of amides is 2. The molecule has 3 N–H and O–H groups in total. The SMILES string of the molecule is O=C(NCCN1CCN=C1CNc1ccccc1)Nc1cccc(Cl)c1.O=C=Nc1cccc(Cl)c1. The number of aliphatic imine (C=N–C) groups is 2. The van der Waals surface area contributed by atoms with Crippen molar-refractivity contribution in [2.75, 3.05) is 43.4 Å². The van der Waals surface area contributed by atoms with Gasteiger partial charge in [0.05, 0.1) is 18.8 Å². The molecule has 1 heterocycles. The van der Waals surface area contributed by atoms with Crippen LogP contribution < -0.4 is 16.0 Å². The Labute approximate surface area is 220 Å². The number of hydrogen-bond acceptors (Lipinski definition) is 6. The van der Waals surface area contributed by atoms with Gasteiger partial charge >= 0.3 is 6.03 Å². The maximum Gasteiger partial charge on any atom is 0.319 e. The van der Waals surface area contributed by atoms with E-state index in [1.807, 2.05) is 30.3 Å². The highest BCUT2D eigenvalue weighted by Crippen LogP contribution is 2.16. The molecule has 0 unspecified atom stereocenters. The van der Waals surface area contributed by atoms with Crippen LogP contribution in [0.25, 0.3) is 0 Å². The molecule has 0 atom stereocenters. The van der Waals surface area contributed by atoms with Gasteiger partial charge in [0.2, 0.25) is 6.08 Å². The fourth-order valence-corrected chi connectivity index (χ4v) is 3.69. The van der Waals surface area contributed by atoms with E-state index in [4.69, 9.17) is 23.2 Å². The third kappa shape index (κ3) is 9.43. The molecule has 36 heavy (non-hydrogen) atoms. The smallest absolute Gasteiger partial charge is 0.319 e. The molecule has 1 aliphatic rings. The van der Waals surface area contributed by atoms with Crippen LogP contribution in [0.4, 0.5) is 21.9 Å². The maximum atomic E-state index is 12.0. The third-order valence-electron chi connectivity index (χ3n) is 4.99. The molecule has 0 bridgehead atoms. The lowest BCUT2D eigenvalue weighted by atomic mass is 10.3. The molecular formula is C26H26Cl2N6O2. The molecular weight excluding hydrogens is 499 g/mol. The Morgan fingerprint density at radius 1 is 0.972 bits per heavy atom. The zero-order chi connectivity index (χ0) is 25.6. The molecule has 2 amide bonds. The van der Waals surface area contributed by atoms with Crippen LogP contribution in [0, 0.1) is 0 Å². The quantitative estimate of drug-likeness (QED) is 0.264. The Bertz CT molecular complexity index is 1220. The Morgan fingerprint density at radius 3 is 2.42 bits per heavy atom. The van der Waals surface area contributed by atoms with Crippen LogP contribution in [0.3, 0.4) is 0 Å². The van der Waals surface area contributed by atoms with Crippen molar-refractivity contribution in [1.29, 1.82) is 0 Å². The van der Waals surface area contributed by atoms with Gasteiger partial charge in [0.1, 0.15) is 5.84 Å². The number of anilines is 2. The third-order valence-corrected chi connectivity index (χ3v) is 5.46. The molecule has 0 saturated carbocycles. The lowest BCUT2D eigenvalue weighted by Crippen LogP contribution is -2.40. The molecule has 0 aliphatic carbocycles. The van der Waals surface area contributed by atoms with Crippen LogP contribution >= 0.6 is 23.2 Å². The molecule has 4 rings (SSSR count). The first-order valence-corrected chi connectivity index (χ1v) is 12.0. The monoisotopic (exact) mass is 524 g/mol. The van der Waals surface area contributed by atoms with Gasteiger partial charge < -0.3 is 20.9 Å². The first-order chi connectivity index (χ1) is 17.5. The molecule has 3 aromatic carbocycles. The first-order valence-electron chi connectivity index (χ1n) is 11.2. The zero-order valence-electron chi connectivity index (χ0n) is 19.5. The van der Waals surface area contributed by atoms with E-state index >= 15 is 0 Å². The second-order valence-electron chi connectivity index (χ2n) is 7.58. The fourth-order valence-electron chi connectivity index (χ4n) is 3.32. The predicted octanol–water partition coefficient (Wildman–Crippen LogP) is 5.60. The van der Waals surface area contributed by atoms with E-state index in [1.165, 1.54) is 6.08 Å². The Morgan fingerprint density at radius 2 is 1.69 bits per heavy atom. The van der Waals surface area contributed by atoms with Crippen molar-refractivity contribution in [1.82, 2.24) is 10.2 Å². The van der Waals surface area contributed by atoms with Gasteiger partial charge in [-0.1, -0.05) is 53.5 Å². The highest BCUT2D eigenvalue weighted by atomic mass is 35.5. The number of nitrogens with one attached hydrogen (secondary N) is 3. The minimum Gasteiger partial charge on any atom is -0.378 e. The van der Waals surface area contributed by atoms with Gasteiger partial charge in [0.15, 0.2) is 0 Å². The lowest BCUT2D eigenvalue weighted by Gasteiger charge is -2.21. The van der Waals surface area contributed by atoms with E-state index in [2.05, 4.69) is 30.8 Å². The summed E-state index contributed by atoms with van der Waals surface area (Å²) in [5.41, 5.74) is 2.27. The molecule has 0 aromatic heterocycles. The summed E-state index contributed by atoms with van der Waals surface area (Å²) in [6, 6.07) is 23.6. The zero-order valence-corrected chi connectivity index (χ0v) is 21.0. The summed E-state index contributed by atoms with van der Waals surface area (Å²) in [4.78, 5) is 31.8. The summed E-state index contributed by atoms with van der Waals surface area (Å²) in [5, 5.41) is 10.2. The summed E-state index contributed by atoms with van der Waals surface area (Å²) >= 11 is 11.5. The number of amidine groups is 1. The van der Waals surface area contributed by atoms with E-state index in [9.17, 15) is 9.59 Å². The number of rotatable bonds is 8. The number of isocyanates is 1. The average molecular weight is 525 g/mol. The number of hydrogen-bond donors (Lipinski definition) is 3. The van der Waals surface area contributed by atoms with Crippen molar-refractivity contribution in [2.24, 2.45) is 9.98 Å². The van der Waals surface area contributed by atoms with Gasteiger partial charge in [-0.05, 0) is 48.5 Å². The average Bonchev–Trinajstić information content (AvgIpc) is 3.31. The molecule has 1 aliphatic heterocycles. The van der Waals surface area contributed by atoms with E-state index in [0.717, 1.165) is 31.2 Å². The second kappa shape index (κ2) is 14.5. The van der Waals surface area contributed by atoms with Gasteiger partial charge in [-0.15, -0.1) is 0 Å². The van der Waals surface area contributed by atoms with Crippen LogP contribution in [-0.4, -0.2) is 55.6 Å². The predicted molar refractivity (Wildman–Crippen MR) is 147 cm³/mol. The van der Waals surface area contributed by atoms with Crippen molar-refractivity contribution in [3.05, 3.63) is 88.9 Å². The molecule has 186 valence electrons. The van der Waals surface area contributed by atoms with Crippen LogP contribution in [0.2, 0.25) is 10.0 Å². The molecule has 0 fully saturated rings. The minimum absolute atomic E-state index is 0.243. The Hall–Kier alpha value is -3.84. The largest absolute Gasteiger partial charge is 0.378 e. The van der Waals surface area contributed by atoms with E-state index in [-0.39, 0.29) is 6.03 Å². The second-order valence-corrected chi connectivity index (χ2v) is 8.45. The summed E-state index contributed by atoms with van der Waals surface area (Å²) in [6.45, 7) is 3.61. The van der Waals surface area contributed by atoms with Crippen LogP contribution in [0.15, 0.2) is 88.8 Å². The summed E-state index contributed by atoms with van der Waals surface area (Å²) < 4.78 is 0. The van der Waals surface area contributed by atoms with E-state index in [1.54, 1.807) is 48.5 Å². The standard InChI is InChI=1S/C19H22ClN5O.C7H4ClNO/c20-15-5-4-8-17(13-15)24-19(26)22-10-12-25-11-9-21-18(25)14-23-16-6-2-1-3-7-16;8-6-2-1-3-7(4-6)9-5-10/h1-8,13,23H,9-12,14H2,(H2,22,24,26);1-4H.